The molecule has 0 N–H and O–H groups in total. The van der Waals surface area contributed by atoms with Crippen LogP contribution in [0.1, 0.15) is 20.7 Å². The van der Waals surface area contributed by atoms with E-state index in [-0.39, 0.29) is 0 Å². The van der Waals surface area contributed by atoms with Crippen LogP contribution < -0.4 is 0 Å². The van der Waals surface area contributed by atoms with Gasteiger partial charge in [0.2, 0.25) is 0 Å². The fraction of sp³-hybridized carbons (Fsp3) is 0.143. The first-order chi connectivity index (χ1) is 4.77. The molecule has 0 fully saturated rings. The first-order valence-corrected chi connectivity index (χ1v) is 2.84. The van der Waals surface area contributed by atoms with Gasteiger partial charge >= 0.3 is 0 Å². The summed E-state index contributed by atoms with van der Waals surface area (Å²) in [5, 5.41) is 0. The lowest BCUT2D eigenvalue weighted by Gasteiger charge is -1.80. The van der Waals surface area contributed by atoms with Gasteiger partial charge in [-0.3, -0.25) is 9.59 Å². The summed E-state index contributed by atoms with van der Waals surface area (Å²) in [4.78, 5) is 20.5. The molecule has 0 atom stereocenters. The van der Waals surface area contributed by atoms with E-state index in [4.69, 9.17) is 0 Å². The molecule has 10 heavy (non-hydrogen) atoms. The molecule has 0 aliphatic carbocycles. The van der Waals surface area contributed by atoms with Gasteiger partial charge in [0.05, 0.1) is 0 Å². The number of carbonyl (C=O) groups excluding carboxylic acids is 2. The molecule has 0 amide bonds. The standard InChI is InChI=1S/C7H7NO2/c1-8-2-6(4-9)7(3-8)5-10/h2-5H,1H3. The van der Waals surface area contributed by atoms with Crippen molar-refractivity contribution in [2.24, 2.45) is 7.05 Å². The molecule has 0 aliphatic heterocycles. The van der Waals surface area contributed by atoms with Crippen molar-refractivity contribution in [2.75, 3.05) is 0 Å². The van der Waals surface area contributed by atoms with Crippen molar-refractivity contribution in [1.29, 1.82) is 0 Å². The van der Waals surface area contributed by atoms with E-state index in [0.717, 1.165) is 0 Å². The first kappa shape index (κ1) is 6.74. The van der Waals surface area contributed by atoms with E-state index in [0.29, 0.717) is 23.7 Å². The number of aryl methyl sites for hydroxylation is 1. The van der Waals surface area contributed by atoms with Gasteiger partial charge in [-0.15, -0.1) is 0 Å². The SMILES string of the molecule is Cn1cc(C=O)c(C=O)c1. The van der Waals surface area contributed by atoms with Crippen molar-refractivity contribution < 1.29 is 9.59 Å². The molecule has 1 aromatic rings. The van der Waals surface area contributed by atoms with E-state index in [1.165, 1.54) is 0 Å². The molecule has 0 unspecified atom stereocenters. The zero-order valence-electron chi connectivity index (χ0n) is 5.57. The third-order valence-corrected chi connectivity index (χ3v) is 1.27. The summed E-state index contributed by atoms with van der Waals surface area (Å²) < 4.78 is 1.67. The fourth-order valence-electron chi connectivity index (χ4n) is 0.822. The molecule has 3 heteroatoms. The summed E-state index contributed by atoms with van der Waals surface area (Å²) in [7, 11) is 1.76. The van der Waals surface area contributed by atoms with Crippen LogP contribution in [0.4, 0.5) is 0 Å². The van der Waals surface area contributed by atoms with Crippen molar-refractivity contribution in [1.82, 2.24) is 4.57 Å². The molecule has 3 nitrogen and oxygen atoms in total. The predicted molar refractivity (Wildman–Crippen MR) is 36.2 cm³/mol. The molecule has 0 aliphatic rings. The maximum absolute atomic E-state index is 10.2. The fourth-order valence-corrected chi connectivity index (χ4v) is 0.822. The average molecular weight is 137 g/mol. The van der Waals surface area contributed by atoms with Crippen LogP contribution in [0.5, 0.6) is 0 Å². The molecule has 1 rings (SSSR count). The summed E-state index contributed by atoms with van der Waals surface area (Å²) in [5.74, 6) is 0. The van der Waals surface area contributed by atoms with Crippen LogP contribution in [-0.4, -0.2) is 17.1 Å². The van der Waals surface area contributed by atoms with Crippen LogP contribution >= 0.6 is 0 Å². The predicted octanol–water partition coefficient (Wildman–Crippen LogP) is 0.650. The van der Waals surface area contributed by atoms with E-state index < -0.39 is 0 Å². The van der Waals surface area contributed by atoms with Gasteiger partial charge in [0.1, 0.15) is 0 Å². The highest BCUT2D eigenvalue weighted by atomic mass is 16.1. The van der Waals surface area contributed by atoms with E-state index in [2.05, 4.69) is 0 Å². The Hall–Kier alpha value is -1.38. The second-order valence-corrected chi connectivity index (χ2v) is 2.07. The highest BCUT2D eigenvalue weighted by molar-refractivity contribution is 5.89. The lowest BCUT2D eigenvalue weighted by Crippen LogP contribution is -1.81. The molecule has 0 saturated heterocycles. The van der Waals surface area contributed by atoms with Crippen molar-refractivity contribution in [2.45, 2.75) is 0 Å². The smallest absolute Gasteiger partial charge is 0.152 e. The molecule has 1 aromatic heterocycles. The second kappa shape index (κ2) is 2.47. The Morgan fingerprint density at radius 1 is 1.20 bits per heavy atom. The van der Waals surface area contributed by atoms with Crippen LogP contribution in [0.2, 0.25) is 0 Å². The summed E-state index contributed by atoms with van der Waals surface area (Å²) in [5.41, 5.74) is 0.884. The molecule has 0 bridgehead atoms. The van der Waals surface area contributed by atoms with Gasteiger partial charge in [-0.25, -0.2) is 0 Å². The molecular weight excluding hydrogens is 130 g/mol. The number of rotatable bonds is 2. The van der Waals surface area contributed by atoms with Crippen molar-refractivity contribution in [3.05, 3.63) is 23.5 Å². The zero-order valence-corrected chi connectivity index (χ0v) is 5.57. The Morgan fingerprint density at radius 2 is 1.60 bits per heavy atom. The average Bonchev–Trinajstić information content (AvgIpc) is 2.30. The minimum absolute atomic E-state index is 0.442. The molecule has 0 saturated carbocycles. The number of carbonyl (C=O) groups is 2. The van der Waals surface area contributed by atoms with Crippen LogP contribution in [0.25, 0.3) is 0 Å². The molecule has 52 valence electrons. The number of aromatic nitrogens is 1. The zero-order chi connectivity index (χ0) is 7.56. The van der Waals surface area contributed by atoms with Gasteiger partial charge in [0.25, 0.3) is 0 Å². The highest BCUT2D eigenvalue weighted by Gasteiger charge is 2.00. The number of aldehydes is 2. The van der Waals surface area contributed by atoms with Crippen LogP contribution in [0, 0.1) is 0 Å². The van der Waals surface area contributed by atoms with Gasteiger partial charge in [-0.1, -0.05) is 0 Å². The molecule has 0 spiro atoms. The summed E-state index contributed by atoms with van der Waals surface area (Å²) >= 11 is 0. The highest BCUT2D eigenvalue weighted by Crippen LogP contribution is 2.03. The maximum atomic E-state index is 10.2. The van der Waals surface area contributed by atoms with Crippen molar-refractivity contribution in [3.8, 4) is 0 Å². The van der Waals surface area contributed by atoms with Crippen molar-refractivity contribution in [3.63, 3.8) is 0 Å². The number of nitrogens with zero attached hydrogens (tertiary/aromatic N) is 1. The second-order valence-electron chi connectivity index (χ2n) is 2.07. The lowest BCUT2D eigenvalue weighted by atomic mass is 10.2. The Kier molecular flexibility index (Phi) is 1.67. The topological polar surface area (TPSA) is 39.1 Å². The molecule has 0 aromatic carbocycles. The maximum Gasteiger partial charge on any atom is 0.152 e. The molecule has 0 radical (unpaired) electrons. The quantitative estimate of drug-likeness (QED) is 0.561. The lowest BCUT2D eigenvalue weighted by molar-refractivity contribution is 0.109. The van der Waals surface area contributed by atoms with Crippen LogP contribution in [0.3, 0.4) is 0 Å². The Morgan fingerprint density at radius 3 is 1.90 bits per heavy atom. The minimum Gasteiger partial charge on any atom is -0.356 e. The van der Waals surface area contributed by atoms with E-state index >= 15 is 0 Å². The summed E-state index contributed by atoms with van der Waals surface area (Å²) in [6, 6.07) is 0. The van der Waals surface area contributed by atoms with E-state index in [1.807, 2.05) is 0 Å². The monoisotopic (exact) mass is 137 g/mol. The van der Waals surface area contributed by atoms with Gasteiger partial charge in [0, 0.05) is 30.6 Å². The van der Waals surface area contributed by atoms with Crippen molar-refractivity contribution >= 4 is 12.6 Å². The normalized spacial score (nSPS) is 9.30. The Labute approximate surface area is 58.3 Å². The Balaban J connectivity index is 3.20. The third-order valence-electron chi connectivity index (χ3n) is 1.27. The number of hydrogen-bond acceptors (Lipinski definition) is 2. The van der Waals surface area contributed by atoms with Gasteiger partial charge in [-0.05, 0) is 0 Å². The van der Waals surface area contributed by atoms with Crippen LogP contribution in [-0.2, 0) is 7.05 Å². The van der Waals surface area contributed by atoms with Gasteiger partial charge < -0.3 is 4.57 Å². The summed E-state index contributed by atoms with van der Waals surface area (Å²) in [6.07, 6.45) is 4.56. The van der Waals surface area contributed by atoms with Gasteiger partial charge in [0.15, 0.2) is 12.6 Å². The first-order valence-electron chi connectivity index (χ1n) is 2.84. The van der Waals surface area contributed by atoms with Gasteiger partial charge in [-0.2, -0.15) is 0 Å². The largest absolute Gasteiger partial charge is 0.356 e. The third kappa shape index (κ3) is 0.978. The molecular formula is C7H7NO2. The van der Waals surface area contributed by atoms with E-state index in [9.17, 15) is 9.59 Å². The number of hydrogen-bond donors (Lipinski definition) is 0. The summed E-state index contributed by atoms with van der Waals surface area (Å²) in [6.45, 7) is 0. The van der Waals surface area contributed by atoms with E-state index in [1.54, 1.807) is 24.0 Å². The minimum atomic E-state index is 0.442. The molecule has 1 heterocycles. The van der Waals surface area contributed by atoms with Crippen LogP contribution in [0.15, 0.2) is 12.4 Å². The Bertz CT molecular complexity index is 237.